The maximum Gasteiger partial charge on any atom is 0.224 e. The molecule has 1 N–H and O–H groups in total. The first-order valence-electron chi connectivity index (χ1n) is 5.93. The largest absolute Gasteiger partial charge is 0.381 e. The Morgan fingerprint density at radius 3 is 2.94 bits per heavy atom. The number of ether oxygens (including phenoxy) is 1. The lowest BCUT2D eigenvalue weighted by atomic mass is 10.1. The molecule has 17 heavy (non-hydrogen) atoms. The highest BCUT2D eigenvalue weighted by Crippen LogP contribution is 2.13. The molecule has 1 aromatic heterocycles. The van der Waals surface area contributed by atoms with Crippen molar-refractivity contribution in [1.29, 1.82) is 0 Å². The highest BCUT2D eigenvalue weighted by atomic mass is 16.5. The predicted molar refractivity (Wildman–Crippen MR) is 61.6 cm³/mol. The molecular weight excluding hydrogens is 220 g/mol. The van der Waals surface area contributed by atoms with Crippen LogP contribution in [0.25, 0.3) is 0 Å². The van der Waals surface area contributed by atoms with Crippen molar-refractivity contribution in [3.05, 3.63) is 17.0 Å². The van der Waals surface area contributed by atoms with E-state index in [4.69, 9.17) is 9.26 Å². The van der Waals surface area contributed by atoms with E-state index in [-0.39, 0.29) is 5.91 Å². The zero-order valence-electron chi connectivity index (χ0n) is 10.3. The first-order chi connectivity index (χ1) is 8.16. The summed E-state index contributed by atoms with van der Waals surface area (Å²) in [4.78, 5) is 11.8. The van der Waals surface area contributed by atoms with Gasteiger partial charge in [-0.25, -0.2) is 0 Å². The molecule has 94 valence electrons. The van der Waals surface area contributed by atoms with Gasteiger partial charge in [0, 0.05) is 24.6 Å². The fourth-order valence-corrected chi connectivity index (χ4v) is 1.98. The number of carbonyl (C=O) groups excluding carboxylic acids is 1. The number of hydrogen-bond acceptors (Lipinski definition) is 4. The lowest BCUT2D eigenvalue weighted by Gasteiger charge is -2.09. The summed E-state index contributed by atoms with van der Waals surface area (Å²) in [6.07, 6.45) is 1.38. The van der Waals surface area contributed by atoms with Crippen LogP contribution in [0.4, 0.5) is 0 Å². The minimum Gasteiger partial charge on any atom is -0.381 e. The summed E-state index contributed by atoms with van der Waals surface area (Å²) in [5.74, 6) is 1.21. The summed E-state index contributed by atoms with van der Waals surface area (Å²) in [6.45, 7) is 5.94. The van der Waals surface area contributed by atoms with Crippen LogP contribution in [0, 0.1) is 19.8 Å². The molecule has 0 saturated carbocycles. The van der Waals surface area contributed by atoms with E-state index in [9.17, 15) is 4.79 Å². The Hall–Kier alpha value is -1.36. The smallest absolute Gasteiger partial charge is 0.224 e. The van der Waals surface area contributed by atoms with E-state index >= 15 is 0 Å². The van der Waals surface area contributed by atoms with E-state index in [1.54, 1.807) is 0 Å². The van der Waals surface area contributed by atoms with E-state index in [0.717, 1.165) is 36.7 Å². The maximum atomic E-state index is 11.8. The van der Waals surface area contributed by atoms with E-state index in [2.05, 4.69) is 10.5 Å². The van der Waals surface area contributed by atoms with E-state index < -0.39 is 0 Å². The SMILES string of the molecule is Cc1noc(C)c1CC(=O)NC[C@@H]1CCOC1. The van der Waals surface area contributed by atoms with Crippen LogP contribution in [0.3, 0.4) is 0 Å². The highest BCUT2D eigenvalue weighted by molar-refractivity contribution is 5.78. The van der Waals surface area contributed by atoms with Gasteiger partial charge in [-0.05, 0) is 20.3 Å². The summed E-state index contributed by atoms with van der Waals surface area (Å²) in [5.41, 5.74) is 1.69. The van der Waals surface area contributed by atoms with Gasteiger partial charge in [0.05, 0.1) is 18.7 Å². The first kappa shape index (κ1) is 12.1. The van der Waals surface area contributed by atoms with Gasteiger partial charge in [0.2, 0.25) is 5.91 Å². The van der Waals surface area contributed by atoms with Gasteiger partial charge in [-0.1, -0.05) is 5.16 Å². The molecule has 1 aromatic rings. The number of aryl methyl sites for hydroxylation is 2. The van der Waals surface area contributed by atoms with Gasteiger partial charge < -0.3 is 14.6 Å². The van der Waals surface area contributed by atoms with Gasteiger partial charge in [-0.3, -0.25) is 4.79 Å². The third-order valence-electron chi connectivity index (χ3n) is 3.13. The average Bonchev–Trinajstić information content (AvgIpc) is 2.91. The van der Waals surface area contributed by atoms with E-state index in [1.807, 2.05) is 13.8 Å². The van der Waals surface area contributed by atoms with Gasteiger partial charge in [-0.15, -0.1) is 0 Å². The van der Waals surface area contributed by atoms with Crippen molar-refractivity contribution in [2.75, 3.05) is 19.8 Å². The molecule has 2 heterocycles. The van der Waals surface area contributed by atoms with Crippen LogP contribution in [-0.2, 0) is 16.0 Å². The summed E-state index contributed by atoms with van der Waals surface area (Å²) < 4.78 is 10.3. The van der Waals surface area contributed by atoms with Crippen LogP contribution >= 0.6 is 0 Å². The summed E-state index contributed by atoms with van der Waals surface area (Å²) in [5, 5.41) is 6.76. The normalized spacial score (nSPS) is 19.5. The molecule has 1 amide bonds. The molecule has 1 atom stereocenters. The molecule has 0 unspecified atom stereocenters. The molecule has 1 saturated heterocycles. The molecule has 5 nitrogen and oxygen atoms in total. The molecule has 0 aromatic carbocycles. The summed E-state index contributed by atoms with van der Waals surface area (Å²) >= 11 is 0. The van der Waals surface area contributed by atoms with Gasteiger partial charge in [0.1, 0.15) is 5.76 Å². The molecule has 1 aliphatic rings. The quantitative estimate of drug-likeness (QED) is 0.849. The molecule has 0 radical (unpaired) electrons. The monoisotopic (exact) mass is 238 g/mol. The number of amides is 1. The third kappa shape index (κ3) is 3.06. The molecule has 0 bridgehead atoms. The second kappa shape index (κ2) is 5.31. The Bertz CT molecular complexity index is 375. The van der Waals surface area contributed by atoms with Crippen LogP contribution in [0.15, 0.2) is 4.52 Å². The second-order valence-corrected chi connectivity index (χ2v) is 4.51. The molecule has 1 fully saturated rings. The number of rotatable bonds is 4. The van der Waals surface area contributed by atoms with Crippen molar-refractivity contribution in [2.24, 2.45) is 5.92 Å². The first-order valence-corrected chi connectivity index (χ1v) is 5.93. The van der Waals surface area contributed by atoms with Crippen molar-refractivity contribution in [3.63, 3.8) is 0 Å². The van der Waals surface area contributed by atoms with Crippen molar-refractivity contribution in [1.82, 2.24) is 10.5 Å². The van der Waals surface area contributed by atoms with Crippen LogP contribution in [0.1, 0.15) is 23.4 Å². The number of aromatic nitrogens is 1. The van der Waals surface area contributed by atoms with Gasteiger partial charge in [0.25, 0.3) is 0 Å². The standard InChI is InChI=1S/C12H18N2O3/c1-8-11(9(2)17-14-8)5-12(15)13-6-10-3-4-16-7-10/h10H,3-7H2,1-2H3,(H,13,15)/t10-/m0/s1. The Morgan fingerprint density at radius 2 is 2.35 bits per heavy atom. The topological polar surface area (TPSA) is 64.4 Å². The Balaban J connectivity index is 1.80. The summed E-state index contributed by atoms with van der Waals surface area (Å²) in [6, 6.07) is 0. The lowest BCUT2D eigenvalue weighted by Crippen LogP contribution is -2.30. The van der Waals surface area contributed by atoms with Crippen molar-refractivity contribution >= 4 is 5.91 Å². The van der Waals surface area contributed by atoms with Crippen LogP contribution in [-0.4, -0.2) is 30.8 Å². The molecule has 0 spiro atoms. The Morgan fingerprint density at radius 1 is 1.53 bits per heavy atom. The van der Waals surface area contributed by atoms with E-state index in [1.165, 1.54) is 0 Å². The summed E-state index contributed by atoms with van der Waals surface area (Å²) in [7, 11) is 0. The predicted octanol–water partition coefficient (Wildman–Crippen LogP) is 0.987. The minimum absolute atomic E-state index is 0.0197. The number of nitrogens with zero attached hydrogens (tertiary/aromatic N) is 1. The molecule has 2 rings (SSSR count). The van der Waals surface area contributed by atoms with E-state index in [0.29, 0.717) is 18.9 Å². The number of carbonyl (C=O) groups is 1. The van der Waals surface area contributed by atoms with Gasteiger partial charge in [-0.2, -0.15) is 0 Å². The van der Waals surface area contributed by atoms with Crippen LogP contribution < -0.4 is 5.32 Å². The second-order valence-electron chi connectivity index (χ2n) is 4.51. The fourth-order valence-electron chi connectivity index (χ4n) is 1.98. The molecule has 0 aliphatic carbocycles. The number of hydrogen-bond donors (Lipinski definition) is 1. The van der Waals surface area contributed by atoms with Crippen LogP contribution in [0.2, 0.25) is 0 Å². The Labute approximate surface area is 101 Å². The van der Waals surface area contributed by atoms with Crippen molar-refractivity contribution in [3.8, 4) is 0 Å². The van der Waals surface area contributed by atoms with Crippen LogP contribution in [0.5, 0.6) is 0 Å². The Kier molecular flexibility index (Phi) is 3.78. The minimum atomic E-state index is 0.0197. The van der Waals surface area contributed by atoms with Gasteiger partial charge >= 0.3 is 0 Å². The maximum absolute atomic E-state index is 11.8. The zero-order chi connectivity index (χ0) is 12.3. The molecular formula is C12H18N2O3. The van der Waals surface area contributed by atoms with Gasteiger partial charge in [0.15, 0.2) is 0 Å². The fraction of sp³-hybridized carbons (Fsp3) is 0.667. The molecule has 1 aliphatic heterocycles. The average molecular weight is 238 g/mol. The van der Waals surface area contributed by atoms with Crippen molar-refractivity contribution < 1.29 is 14.1 Å². The third-order valence-corrected chi connectivity index (χ3v) is 3.13. The zero-order valence-corrected chi connectivity index (χ0v) is 10.3. The molecule has 5 heteroatoms. The number of nitrogens with one attached hydrogen (secondary N) is 1. The van der Waals surface area contributed by atoms with Crippen molar-refractivity contribution in [2.45, 2.75) is 26.7 Å². The highest BCUT2D eigenvalue weighted by Gasteiger charge is 2.18. The lowest BCUT2D eigenvalue weighted by molar-refractivity contribution is -0.120.